The molecule has 0 unspecified atom stereocenters. The standard InChI is InChI=1S/C12H14ClN3O/c1-2-9-10-11(13)14-3-4-16(10)12(15-9)7-5-8(17)6-7/h3-4,7-8,17H,2,5-6H2,1H3/t7-,8+. The van der Waals surface area contributed by atoms with Gasteiger partial charge in [-0.15, -0.1) is 0 Å². The van der Waals surface area contributed by atoms with Gasteiger partial charge in [-0.05, 0) is 19.3 Å². The monoisotopic (exact) mass is 251 g/mol. The molecule has 0 aliphatic heterocycles. The van der Waals surface area contributed by atoms with Crippen molar-refractivity contribution in [3.8, 4) is 0 Å². The van der Waals surface area contributed by atoms with E-state index in [1.807, 2.05) is 10.6 Å². The van der Waals surface area contributed by atoms with Crippen LogP contribution >= 0.6 is 11.6 Å². The third kappa shape index (κ3) is 1.63. The van der Waals surface area contributed by atoms with Crippen molar-refractivity contribution in [3.63, 3.8) is 0 Å². The number of aliphatic hydroxyl groups excluding tert-OH is 1. The topological polar surface area (TPSA) is 50.4 Å². The third-order valence-corrected chi connectivity index (χ3v) is 3.70. The van der Waals surface area contributed by atoms with Crippen LogP contribution in [-0.4, -0.2) is 25.6 Å². The Labute approximate surface area is 104 Å². The van der Waals surface area contributed by atoms with Crippen LogP contribution < -0.4 is 0 Å². The molecule has 1 fully saturated rings. The average Bonchev–Trinajstić information content (AvgIpc) is 2.65. The minimum absolute atomic E-state index is 0.172. The summed E-state index contributed by atoms with van der Waals surface area (Å²) in [6, 6.07) is 0. The van der Waals surface area contributed by atoms with Crippen molar-refractivity contribution in [2.75, 3.05) is 0 Å². The highest BCUT2D eigenvalue weighted by molar-refractivity contribution is 6.32. The van der Waals surface area contributed by atoms with Crippen molar-refractivity contribution in [1.82, 2.24) is 14.4 Å². The van der Waals surface area contributed by atoms with Crippen LogP contribution in [-0.2, 0) is 6.42 Å². The zero-order valence-corrected chi connectivity index (χ0v) is 10.4. The van der Waals surface area contributed by atoms with Crippen LogP contribution in [0.2, 0.25) is 5.15 Å². The van der Waals surface area contributed by atoms with Gasteiger partial charge >= 0.3 is 0 Å². The molecule has 90 valence electrons. The molecule has 1 aliphatic carbocycles. The van der Waals surface area contributed by atoms with E-state index in [-0.39, 0.29) is 6.10 Å². The van der Waals surface area contributed by atoms with E-state index in [1.54, 1.807) is 6.20 Å². The van der Waals surface area contributed by atoms with E-state index in [1.165, 1.54) is 0 Å². The minimum Gasteiger partial charge on any atom is -0.393 e. The van der Waals surface area contributed by atoms with Crippen molar-refractivity contribution >= 4 is 17.1 Å². The van der Waals surface area contributed by atoms with Crippen LogP contribution in [0, 0.1) is 0 Å². The Kier molecular flexibility index (Phi) is 2.56. The van der Waals surface area contributed by atoms with Gasteiger partial charge in [-0.1, -0.05) is 18.5 Å². The summed E-state index contributed by atoms with van der Waals surface area (Å²) in [4.78, 5) is 8.76. The van der Waals surface area contributed by atoms with Crippen LogP contribution in [0.15, 0.2) is 12.4 Å². The van der Waals surface area contributed by atoms with Gasteiger partial charge in [0.1, 0.15) is 11.3 Å². The Morgan fingerprint density at radius 3 is 2.94 bits per heavy atom. The zero-order valence-electron chi connectivity index (χ0n) is 9.60. The summed E-state index contributed by atoms with van der Waals surface area (Å²) in [6.45, 7) is 2.06. The second kappa shape index (κ2) is 3.96. The van der Waals surface area contributed by atoms with Crippen molar-refractivity contribution in [1.29, 1.82) is 0 Å². The van der Waals surface area contributed by atoms with E-state index in [2.05, 4.69) is 16.9 Å². The number of imidazole rings is 1. The Hall–Kier alpha value is -1.13. The molecule has 2 heterocycles. The first-order valence-electron chi connectivity index (χ1n) is 5.90. The number of nitrogens with zero attached hydrogens (tertiary/aromatic N) is 3. The normalized spacial score (nSPS) is 23.9. The Balaban J connectivity index is 2.16. The van der Waals surface area contributed by atoms with Gasteiger partial charge in [0.25, 0.3) is 0 Å². The molecule has 1 saturated carbocycles. The lowest BCUT2D eigenvalue weighted by molar-refractivity contribution is 0.0714. The van der Waals surface area contributed by atoms with E-state index < -0.39 is 0 Å². The molecule has 0 radical (unpaired) electrons. The molecular formula is C12H14ClN3O. The number of aromatic nitrogens is 3. The first-order valence-corrected chi connectivity index (χ1v) is 6.28. The molecule has 2 aromatic rings. The van der Waals surface area contributed by atoms with E-state index >= 15 is 0 Å². The van der Waals surface area contributed by atoms with Gasteiger partial charge in [0.2, 0.25) is 0 Å². The molecule has 0 aromatic carbocycles. The first kappa shape index (κ1) is 11.0. The SMILES string of the molecule is CCc1nc([C@H]2C[C@@H](O)C2)n2ccnc(Cl)c12. The molecule has 1 N–H and O–H groups in total. The lowest BCUT2D eigenvalue weighted by Crippen LogP contribution is -2.27. The highest BCUT2D eigenvalue weighted by atomic mass is 35.5. The van der Waals surface area contributed by atoms with E-state index in [9.17, 15) is 5.11 Å². The fourth-order valence-electron chi connectivity index (χ4n) is 2.43. The third-order valence-electron chi connectivity index (χ3n) is 3.42. The van der Waals surface area contributed by atoms with Gasteiger partial charge < -0.3 is 5.11 Å². The number of aryl methyl sites for hydroxylation is 1. The average molecular weight is 252 g/mol. The molecular weight excluding hydrogens is 238 g/mol. The number of rotatable bonds is 2. The maximum Gasteiger partial charge on any atom is 0.154 e. The fourth-order valence-corrected chi connectivity index (χ4v) is 2.68. The second-order valence-electron chi connectivity index (χ2n) is 4.53. The van der Waals surface area contributed by atoms with Crippen molar-refractivity contribution < 1.29 is 5.11 Å². The lowest BCUT2D eigenvalue weighted by atomic mass is 9.82. The molecule has 5 heteroatoms. The number of hydrogen-bond donors (Lipinski definition) is 1. The maximum absolute atomic E-state index is 9.39. The van der Waals surface area contributed by atoms with Gasteiger partial charge in [-0.3, -0.25) is 4.40 Å². The predicted molar refractivity (Wildman–Crippen MR) is 65.4 cm³/mol. The van der Waals surface area contributed by atoms with E-state index in [0.29, 0.717) is 11.1 Å². The lowest BCUT2D eigenvalue weighted by Gasteiger charge is -2.30. The number of fused-ring (bicyclic) bond motifs is 1. The summed E-state index contributed by atoms with van der Waals surface area (Å²) in [5.41, 5.74) is 1.90. The number of halogens is 1. The van der Waals surface area contributed by atoms with Crippen LogP contribution in [0.25, 0.3) is 5.52 Å². The predicted octanol–water partition coefficient (Wildman–Crippen LogP) is 2.18. The quantitative estimate of drug-likeness (QED) is 0.890. The van der Waals surface area contributed by atoms with Gasteiger partial charge in [-0.2, -0.15) is 0 Å². The van der Waals surface area contributed by atoms with Crippen LogP contribution in [0.3, 0.4) is 0 Å². The Bertz CT molecular complexity index is 560. The maximum atomic E-state index is 9.39. The highest BCUT2D eigenvalue weighted by Crippen LogP contribution is 2.37. The highest BCUT2D eigenvalue weighted by Gasteiger charge is 2.32. The molecule has 0 bridgehead atoms. The van der Waals surface area contributed by atoms with Crippen molar-refractivity contribution in [2.45, 2.75) is 38.2 Å². The van der Waals surface area contributed by atoms with Crippen LogP contribution in [0.1, 0.15) is 37.2 Å². The summed E-state index contributed by atoms with van der Waals surface area (Å²) in [5, 5.41) is 9.90. The zero-order chi connectivity index (χ0) is 12.0. The second-order valence-corrected chi connectivity index (χ2v) is 4.89. The van der Waals surface area contributed by atoms with E-state index in [4.69, 9.17) is 11.6 Å². The number of hydrogen-bond acceptors (Lipinski definition) is 3. The smallest absolute Gasteiger partial charge is 0.154 e. The Morgan fingerprint density at radius 1 is 1.53 bits per heavy atom. The number of aliphatic hydroxyl groups is 1. The molecule has 2 aromatic heterocycles. The van der Waals surface area contributed by atoms with Crippen molar-refractivity contribution in [2.24, 2.45) is 0 Å². The fraction of sp³-hybridized carbons (Fsp3) is 0.500. The summed E-state index contributed by atoms with van der Waals surface area (Å²) < 4.78 is 2.02. The first-order chi connectivity index (χ1) is 8.20. The van der Waals surface area contributed by atoms with Gasteiger partial charge in [0.15, 0.2) is 5.15 Å². The largest absolute Gasteiger partial charge is 0.393 e. The summed E-state index contributed by atoms with van der Waals surface area (Å²) in [7, 11) is 0. The molecule has 0 amide bonds. The molecule has 17 heavy (non-hydrogen) atoms. The molecule has 0 spiro atoms. The van der Waals surface area contributed by atoms with Gasteiger partial charge in [0.05, 0.1) is 11.8 Å². The molecule has 0 saturated heterocycles. The van der Waals surface area contributed by atoms with Crippen LogP contribution in [0.4, 0.5) is 0 Å². The van der Waals surface area contributed by atoms with Crippen LogP contribution in [0.5, 0.6) is 0 Å². The summed E-state index contributed by atoms with van der Waals surface area (Å²) in [5.74, 6) is 1.35. The molecule has 3 rings (SSSR count). The molecule has 0 atom stereocenters. The summed E-state index contributed by atoms with van der Waals surface area (Å²) in [6.07, 6.45) is 5.84. The van der Waals surface area contributed by atoms with Gasteiger partial charge in [-0.25, -0.2) is 9.97 Å². The van der Waals surface area contributed by atoms with Crippen molar-refractivity contribution in [3.05, 3.63) is 29.1 Å². The minimum atomic E-state index is -0.172. The van der Waals surface area contributed by atoms with E-state index in [0.717, 1.165) is 36.3 Å². The molecule has 1 aliphatic rings. The van der Waals surface area contributed by atoms with Gasteiger partial charge in [0, 0.05) is 18.3 Å². The summed E-state index contributed by atoms with van der Waals surface area (Å²) >= 11 is 6.13. The Morgan fingerprint density at radius 2 is 2.29 bits per heavy atom. The molecule has 4 nitrogen and oxygen atoms in total.